The van der Waals surface area contributed by atoms with Crippen LogP contribution in [0.25, 0.3) is 0 Å². The van der Waals surface area contributed by atoms with Gasteiger partial charge in [-0.25, -0.2) is 0 Å². The molecule has 106 valence electrons. The molecular formula is C14H29N3O. The molecule has 0 amide bonds. The van der Waals surface area contributed by atoms with Gasteiger partial charge in [0.15, 0.2) is 0 Å². The van der Waals surface area contributed by atoms with Crippen molar-refractivity contribution in [2.75, 3.05) is 53.0 Å². The Morgan fingerprint density at radius 1 is 1.22 bits per heavy atom. The van der Waals surface area contributed by atoms with Gasteiger partial charge in [-0.15, -0.1) is 0 Å². The molecule has 0 aromatic rings. The third kappa shape index (κ3) is 3.05. The normalized spacial score (nSPS) is 30.5. The van der Waals surface area contributed by atoms with Crippen LogP contribution in [0.15, 0.2) is 0 Å². The highest BCUT2D eigenvalue weighted by atomic mass is 16.5. The van der Waals surface area contributed by atoms with E-state index in [1.165, 1.54) is 32.5 Å². The Hall–Kier alpha value is -0.160. The van der Waals surface area contributed by atoms with Crippen LogP contribution in [0, 0.1) is 0 Å². The Kier molecular flexibility index (Phi) is 5.01. The number of hydrogen-bond acceptors (Lipinski definition) is 4. The van der Waals surface area contributed by atoms with Crippen molar-refractivity contribution in [3.8, 4) is 0 Å². The quantitative estimate of drug-likeness (QED) is 0.803. The lowest BCUT2D eigenvalue weighted by Gasteiger charge is -2.52. The highest BCUT2D eigenvalue weighted by molar-refractivity contribution is 4.99. The van der Waals surface area contributed by atoms with E-state index in [0.29, 0.717) is 6.04 Å². The van der Waals surface area contributed by atoms with E-state index in [9.17, 15) is 0 Å². The summed E-state index contributed by atoms with van der Waals surface area (Å²) in [6.45, 7) is 12.6. The molecule has 2 saturated heterocycles. The number of methoxy groups -OCH3 is 1. The fourth-order valence-corrected chi connectivity index (χ4v) is 3.55. The first-order valence-corrected chi connectivity index (χ1v) is 7.35. The van der Waals surface area contributed by atoms with Crippen LogP contribution in [0.4, 0.5) is 0 Å². The topological polar surface area (TPSA) is 27.7 Å². The lowest BCUT2D eigenvalue weighted by molar-refractivity contribution is -0.0298. The molecule has 2 aliphatic heterocycles. The maximum Gasteiger partial charge on any atom is 0.0589 e. The number of hydrogen-bond donors (Lipinski definition) is 1. The molecule has 4 nitrogen and oxygen atoms in total. The van der Waals surface area contributed by atoms with Gasteiger partial charge in [-0.05, 0) is 33.2 Å². The molecule has 2 heterocycles. The van der Waals surface area contributed by atoms with Crippen molar-refractivity contribution < 1.29 is 4.74 Å². The molecule has 0 radical (unpaired) electrons. The number of piperazine rings is 1. The lowest BCUT2D eigenvalue weighted by Crippen LogP contribution is -2.64. The van der Waals surface area contributed by atoms with Crippen LogP contribution in [0.2, 0.25) is 0 Å². The van der Waals surface area contributed by atoms with Gasteiger partial charge in [-0.1, -0.05) is 0 Å². The van der Waals surface area contributed by atoms with E-state index < -0.39 is 0 Å². The first-order chi connectivity index (χ1) is 8.66. The first kappa shape index (κ1) is 14.3. The van der Waals surface area contributed by atoms with Crippen molar-refractivity contribution in [3.63, 3.8) is 0 Å². The van der Waals surface area contributed by atoms with Gasteiger partial charge in [0.1, 0.15) is 0 Å². The first-order valence-electron chi connectivity index (χ1n) is 7.35. The average Bonchev–Trinajstić information content (AvgIpc) is 2.38. The number of likely N-dealkylation sites (tertiary alicyclic amines) is 1. The molecule has 1 atom stereocenters. The second kappa shape index (κ2) is 6.33. The largest absolute Gasteiger partial charge is 0.383 e. The van der Waals surface area contributed by atoms with Crippen LogP contribution >= 0.6 is 0 Å². The monoisotopic (exact) mass is 255 g/mol. The number of piperidine rings is 1. The van der Waals surface area contributed by atoms with E-state index in [0.717, 1.165) is 26.2 Å². The SMILES string of the molecule is COCCN1CCCC(N2CCNCC2)C1(C)C. The number of nitrogens with one attached hydrogen (secondary N) is 1. The minimum atomic E-state index is 0.272. The van der Waals surface area contributed by atoms with Crippen LogP contribution in [-0.4, -0.2) is 74.4 Å². The van der Waals surface area contributed by atoms with Crippen LogP contribution in [0.3, 0.4) is 0 Å². The summed E-state index contributed by atoms with van der Waals surface area (Å²) in [6, 6.07) is 0.699. The smallest absolute Gasteiger partial charge is 0.0589 e. The van der Waals surface area contributed by atoms with E-state index in [1.54, 1.807) is 7.11 Å². The highest BCUT2D eigenvalue weighted by Crippen LogP contribution is 2.31. The molecule has 18 heavy (non-hydrogen) atoms. The van der Waals surface area contributed by atoms with Crippen LogP contribution in [-0.2, 0) is 4.74 Å². The van der Waals surface area contributed by atoms with Crippen molar-refractivity contribution in [2.45, 2.75) is 38.3 Å². The van der Waals surface area contributed by atoms with E-state index in [1.807, 2.05) is 0 Å². The van der Waals surface area contributed by atoms with Gasteiger partial charge in [-0.3, -0.25) is 9.80 Å². The van der Waals surface area contributed by atoms with Crippen LogP contribution in [0.5, 0.6) is 0 Å². The third-order valence-corrected chi connectivity index (χ3v) is 4.69. The number of ether oxygens (including phenoxy) is 1. The Morgan fingerprint density at radius 2 is 1.94 bits per heavy atom. The van der Waals surface area contributed by atoms with Gasteiger partial charge in [-0.2, -0.15) is 0 Å². The molecule has 2 fully saturated rings. The summed E-state index contributed by atoms with van der Waals surface area (Å²) in [5.74, 6) is 0. The summed E-state index contributed by atoms with van der Waals surface area (Å²) >= 11 is 0. The second-order valence-electron chi connectivity index (χ2n) is 6.08. The lowest BCUT2D eigenvalue weighted by atomic mass is 9.83. The molecule has 0 aromatic heterocycles. The Labute approximate surface area is 112 Å². The van der Waals surface area contributed by atoms with Gasteiger partial charge in [0.25, 0.3) is 0 Å². The van der Waals surface area contributed by atoms with Crippen LogP contribution in [0.1, 0.15) is 26.7 Å². The van der Waals surface area contributed by atoms with Crippen molar-refractivity contribution in [1.29, 1.82) is 0 Å². The number of nitrogens with zero attached hydrogens (tertiary/aromatic N) is 2. The molecule has 0 aliphatic carbocycles. The zero-order valence-corrected chi connectivity index (χ0v) is 12.2. The van der Waals surface area contributed by atoms with Crippen molar-refractivity contribution in [3.05, 3.63) is 0 Å². The van der Waals surface area contributed by atoms with E-state index in [2.05, 4.69) is 29.0 Å². The van der Waals surface area contributed by atoms with E-state index >= 15 is 0 Å². The summed E-state index contributed by atoms with van der Waals surface area (Å²) in [5.41, 5.74) is 0.272. The Morgan fingerprint density at radius 3 is 2.61 bits per heavy atom. The van der Waals surface area contributed by atoms with Gasteiger partial charge in [0.05, 0.1) is 6.61 Å². The zero-order valence-electron chi connectivity index (χ0n) is 12.2. The predicted molar refractivity (Wildman–Crippen MR) is 75.0 cm³/mol. The van der Waals surface area contributed by atoms with Crippen LogP contribution < -0.4 is 5.32 Å². The molecular weight excluding hydrogens is 226 g/mol. The van der Waals surface area contributed by atoms with Crippen molar-refractivity contribution in [2.24, 2.45) is 0 Å². The van der Waals surface area contributed by atoms with Gasteiger partial charge in [0, 0.05) is 51.4 Å². The summed E-state index contributed by atoms with van der Waals surface area (Å²) in [6.07, 6.45) is 2.66. The summed E-state index contributed by atoms with van der Waals surface area (Å²) in [4.78, 5) is 5.31. The summed E-state index contributed by atoms with van der Waals surface area (Å²) in [7, 11) is 1.80. The van der Waals surface area contributed by atoms with E-state index in [-0.39, 0.29) is 5.54 Å². The molecule has 1 N–H and O–H groups in total. The molecule has 0 saturated carbocycles. The van der Waals surface area contributed by atoms with Gasteiger partial charge >= 0.3 is 0 Å². The molecule has 0 spiro atoms. The molecule has 4 heteroatoms. The standard InChI is InChI=1S/C14H29N3O/c1-14(2)13(16-9-6-15-7-10-16)5-4-8-17(14)11-12-18-3/h13,15H,4-12H2,1-3H3. The maximum atomic E-state index is 5.25. The molecule has 0 bridgehead atoms. The summed E-state index contributed by atoms with van der Waals surface area (Å²) in [5, 5.41) is 3.45. The Balaban J connectivity index is 2.00. The minimum absolute atomic E-state index is 0.272. The molecule has 0 aromatic carbocycles. The molecule has 1 unspecified atom stereocenters. The van der Waals surface area contributed by atoms with Crippen molar-refractivity contribution >= 4 is 0 Å². The fraction of sp³-hybridized carbons (Fsp3) is 1.00. The fourth-order valence-electron chi connectivity index (χ4n) is 3.55. The predicted octanol–water partition coefficient (Wildman–Crippen LogP) is 0.781. The second-order valence-corrected chi connectivity index (χ2v) is 6.08. The minimum Gasteiger partial charge on any atom is -0.383 e. The van der Waals surface area contributed by atoms with E-state index in [4.69, 9.17) is 4.74 Å². The zero-order chi connectivity index (χ0) is 13.0. The van der Waals surface area contributed by atoms with Crippen molar-refractivity contribution in [1.82, 2.24) is 15.1 Å². The molecule has 2 rings (SSSR count). The average molecular weight is 255 g/mol. The number of rotatable bonds is 4. The van der Waals surface area contributed by atoms with Gasteiger partial charge < -0.3 is 10.1 Å². The third-order valence-electron chi connectivity index (χ3n) is 4.69. The molecule has 2 aliphatic rings. The van der Waals surface area contributed by atoms with Gasteiger partial charge in [0.2, 0.25) is 0 Å². The Bertz CT molecular complexity index is 251. The maximum absolute atomic E-state index is 5.25. The summed E-state index contributed by atoms with van der Waals surface area (Å²) < 4.78 is 5.25. The highest BCUT2D eigenvalue weighted by Gasteiger charge is 2.41.